The van der Waals surface area contributed by atoms with Crippen molar-refractivity contribution in [1.82, 2.24) is 0 Å². The number of hydrogen-bond acceptors (Lipinski definition) is 3. The molecule has 1 aromatic carbocycles. The molecule has 0 radical (unpaired) electrons. The number of carbonyl (C=O) groups is 1. The van der Waals surface area contributed by atoms with Crippen LogP contribution in [0.4, 0.5) is 10.1 Å². The number of rotatable bonds is 3. The van der Waals surface area contributed by atoms with Gasteiger partial charge in [-0.1, -0.05) is 20.8 Å². The van der Waals surface area contributed by atoms with Crippen LogP contribution in [0.5, 0.6) is 0 Å². The fraction of sp³-hybridized carbons (Fsp3) is 0.588. The van der Waals surface area contributed by atoms with Crippen molar-refractivity contribution in [3.8, 4) is 0 Å². The number of methoxy groups -OCH3 is 1. The first-order valence-electron chi connectivity index (χ1n) is 7.47. The van der Waals surface area contributed by atoms with Crippen LogP contribution in [-0.2, 0) is 4.74 Å². The van der Waals surface area contributed by atoms with Gasteiger partial charge in [0.05, 0.1) is 18.4 Å². The molecule has 0 saturated heterocycles. The van der Waals surface area contributed by atoms with Gasteiger partial charge in [-0.25, -0.2) is 9.18 Å². The molecule has 4 heteroatoms. The second-order valence-corrected chi connectivity index (χ2v) is 6.82. The van der Waals surface area contributed by atoms with Crippen LogP contribution in [0.15, 0.2) is 18.2 Å². The van der Waals surface area contributed by atoms with E-state index >= 15 is 0 Å². The van der Waals surface area contributed by atoms with E-state index in [9.17, 15) is 9.18 Å². The van der Waals surface area contributed by atoms with E-state index in [0.29, 0.717) is 22.6 Å². The lowest BCUT2D eigenvalue weighted by molar-refractivity contribution is 0.0600. The number of halogens is 1. The Kier molecular flexibility index (Phi) is 4.55. The molecule has 1 fully saturated rings. The minimum absolute atomic E-state index is 0.237. The van der Waals surface area contributed by atoms with Gasteiger partial charge in [0.1, 0.15) is 5.82 Å². The maximum absolute atomic E-state index is 14.0. The first-order chi connectivity index (χ1) is 9.82. The molecule has 1 saturated carbocycles. The lowest BCUT2D eigenvalue weighted by Gasteiger charge is -2.40. The predicted octanol–water partition coefficient (Wildman–Crippen LogP) is 4.24. The molecule has 0 bridgehead atoms. The quantitative estimate of drug-likeness (QED) is 0.847. The monoisotopic (exact) mass is 293 g/mol. The molecule has 0 amide bonds. The van der Waals surface area contributed by atoms with Gasteiger partial charge in [0.15, 0.2) is 0 Å². The Balaban J connectivity index is 2.14. The zero-order chi connectivity index (χ0) is 15.6. The molecule has 21 heavy (non-hydrogen) atoms. The van der Waals surface area contributed by atoms with E-state index in [1.165, 1.54) is 25.3 Å². The normalized spacial score (nSPS) is 24.4. The molecule has 0 heterocycles. The number of nitrogens with one attached hydrogen (secondary N) is 1. The summed E-state index contributed by atoms with van der Waals surface area (Å²) in [4.78, 5) is 11.5. The fourth-order valence-electron chi connectivity index (χ4n) is 3.24. The number of esters is 1. The van der Waals surface area contributed by atoms with Crippen molar-refractivity contribution >= 4 is 11.7 Å². The number of ether oxygens (including phenoxy) is 1. The van der Waals surface area contributed by atoms with Crippen molar-refractivity contribution in [1.29, 1.82) is 0 Å². The summed E-state index contributed by atoms with van der Waals surface area (Å²) in [5.41, 5.74) is 1.10. The second kappa shape index (κ2) is 6.04. The van der Waals surface area contributed by atoms with Crippen LogP contribution < -0.4 is 5.32 Å². The maximum Gasteiger partial charge on any atom is 0.337 e. The van der Waals surface area contributed by atoms with Crippen molar-refractivity contribution in [3.63, 3.8) is 0 Å². The molecule has 1 N–H and O–H groups in total. The van der Waals surface area contributed by atoms with Crippen molar-refractivity contribution < 1.29 is 13.9 Å². The van der Waals surface area contributed by atoms with Gasteiger partial charge in [-0.15, -0.1) is 0 Å². The van der Waals surface area contributed by atoms with Crippen molar-refractivity contribution in [3.05, 3.63) is 29.6 Å². The van der Waals surface area contributed by atoms with Crippen LogP contribution >= 0.6 is 0 Å². The molecule has 0 aliphatic heterocycles. The third-order valence-corrected chi connectivity index (χ3v) is 4.42. The summed E-state index contributed by atoms with van der Waals surface area (Å²) in [7, 11) is 1.32. The third-order valence-electron chi connectivity index (χ3n) is 4.42. The summed E-state index contributed by atoms with van der Waals surface area (Å²) in [5, 5.41) is 3.27. The zero-order valence-electron chi connectivity index (χ0n) is 13.2. The minimum atomic E-state index is -0.448. The molecule has 3 nitrogen and oxygen atoms in total. The van der Waals surface area contributed by atoms with E-state index in [1.54, 1.807) is 0 Å². The van der Waals surface area contributed by atoms with Gasteiger partial charge < -0.3 is 10.1 Å². The Labute approximate surface area is 125 Å². The van der Waals surface area contributed by atoms with E-state index in [4.69, 9.17) is 0 Å². The fourth-order valence-corrected chi connectivity index (χ4v) is 3.24. The lowest BCUT2D eigenvalue weighted by atomic mass is 9.70. The first kappa shape index (κ1) is 15.8. The van der Waals surface area contributed by atoms with Crippen molar-refractivity contribution in [2.75, 3.05) is 12.4 Å². The highest BCUT2D eigenvalue weighted by Crippen LogP contribution is 2.39. The average Bonchev–Trinajstić information content (AvgIpc) is 2.42. The highest BCUT2D eigenvalue weighted by molar-refractivity contribution is 5.90. The zero-order valence-corrected chi connectivity index (χ0v) is 13.2. The summed E-state index contributed by atoms with van der Waals surface area (Å²) in [6.45, 7) is 6.75. The molecule has 116 valence electrons. The Morgan fingerprint density at radius 2 is 2.14 bits per heavy atom. The van der Waals surface area contributed by atoms with Crippen LogP contribution in [0.1, 0.15) is 50.4 Å². The Bertz CT molecular complexity index is 528. The van der Waals surface area contributed by atoms with Crippen LogP contribution in [-0.4, -0.2) is 19.1 Å². The highest BCUT2D eigenvalue weighted by Gasteiger charge is 2.32. The van der Waals surface area contributed by atoms with Gasteiger partial charge >= 0.3 is 5.97 Å². The summed E-state index contributed by atoms with van der Waals surface area (Å²) < 4.78 is 18.6. The highest BCUT2D eigenvalue weighted by atomic mass is 19.1. The third kappa shape index (κ3) is 3.74. The van der Waals surface area contributed by atoms with Gasteiger partial charge in [0, 0.05) is 6.04 Å². The summed E-state index contributed by atoms with van der Waals surface area (Å²) in [6.07, 6.45) is 3.24. The van der Waals surface area contributed by atoms with Gasteiger partial charge in [-0.05, 0) is 48.8 Å². The number of anilines is 1. The number of hydrogen-bond donors (Lipinski definition) is 1. The van der Waals surface area contributed by atoms with E-state index < -0.39 is 5.97 Å². The van der Waals surface area contributed by atoms with E-state index in [-0.39, 0.29) is 11.9 Å². The molecule has 1 aromatic rings. The largest absolute Gasteiger partial charge is 0.465 e. The van der Waals surface area contributed by atoms with E-state index in [1.807, 2.05) is 0 Å². The van der Waals surface area contributed by atoms with Gasteiger partial charge in [-0.3, -0.25) is 0 Å². The van der Waals surface area contributed by atoms with Crippen molar-refractivity contribution in [2.45, 2.75) is 46.1 Å². The Morgan fingerprint density at radius 1 is 1.43 bits per heavy atom. The molecule has 0 spiro atoms. The SMILES string of the molecule is COC(=O)c1ccc(F)c(NC2CCC(C)(C)CC2C)c1. The Hall–Kier alpha value is -1.58. The Morgan fingerprint density at radius 3 is 2.76 bits per heavy atom. The average molecular weight is 293 g/mol. The summed E-state index contributed by atoms with van der Waals surface area (Å²) >= 11 is 0. The maximum atomic E-state index is 14.0. The van der Waals surface area contributed by atoms with Crippen LogP contribution in [0.2, 0.25) is 0 Å². The smallest absolute Gasteiger partial charge is 0.337 e. The van der Waals surface area contributed by atoms with Crippen LogP contribution in [0, 0.1) is 17.2 Å². The lowest BCUT2D eigenvalue weighted by Crippen LogP contribution is -2.37. The molecular formula is C17H24FNO2. The second-order valence-electron chi connectivity index (χ2n) is 6.82. The summed E-state index contributed by atoms with van der Waals surface area (Å²) in [6, 6.07) is 4.53. The topological polar surface area (TPSA) is 38.3 Å². The molecule has 2 rings (SSSR count). The van der Waals surface area contributed by atoms with Crippen LogP contribution in [0.3, 0.4) is 0 Å². The first-order valence-corrected chi connectivity index (χ1v) is 7.47. The molecule has 1 aliphatic carbocycles. The molecule has 0 aromatic heterocycles. The molecule has 2 atom stereocenters. The predicted molar refractivity (Wildman–Crippen MR) is 81.9 cm³/mol. The van der Waals surface area contributed by atoms with Gasteiger partial charge in [0.2, 0.25) is 0 Å². The minimum Gasteiger partial charge on any atom is -0.465 e. The van der Waals surface area contributed by atoms with Gasteiger partial charge in [-0.2, -0.15) is 0 Å². The van der Waals surface area contributed by atoms with Crippen molar-refractivity contribution in [2.24, 2.45) is 11.3 Å². The summed E-state index contributed by atoms with van der Waals surface area (Å²) in [5.74, 6) is -0.314. The molecule has 2 unspecified atom stereocenters. The van der Waals surface area contributed by atoms with E-state index in [0.717, 1.165) is 19.3 Å². The number of carbonyl (C=O) groups excluding carboxylic acids is 1. The van der Waals surface area contributed by atoms with Crippen LogP contribution in [0.25, 0.3) is 0 Å². The molecular weight excluding hydrogens is 269 g/mol. The van der Waals surface area contributed by atoms with E-state index in [2.05, 4.69) is 30.8 Å². The van der Waals surface area contributed by atoms with Gasteiger partial charge in [0.25, 0.3) is 0 Å². The molecule has 1 aliphatic rings. The standard InChI is InChI=1S/C17H24FNO2/c1-11-10-17(2,3)8-7-14(11)19-15-9-12(16(20)21-4)5-6-13(15)18/h5-6,9,11,14,19H,7-8,10H2,1-4H3. The number of benzene rings is 1.